The summed E-state index contributed by atoms with van der Waals surface area (Å²) in [7, 11) is 0. The third-order valence-corrected chi connectivity index (χ3v) is 2.86. The lowest BCUT2D eigenvalue weighted by Gasteiger charge is -2.25. The standard InChI is InChI=1S/C16H17FN2O2/c1-11-5-4-6-14(18-11)19-15(20)16(2,3)21-13-9-7-12(17)8-10-13/h4-10H,1-3H3,(H,18,19,20). The van der Waals surface area contributed by atoms with Crippen molar-refractivity contribution in [1.82, 2.24) is 4.98 Å². The molecule has 1 aromatic heterocycles. The van der Waals surface area contributed by atoms with Crippen LogP contribution in [0.2, 0.25) is 0 Å². The monoisotopic (exact) mass is 288 g/mol. The van der Waals surface area contributed by atoms with E-state index in [1.807, 2.05) is 19.1 Å². The molecule has 0 aliphatic rings. The zero-order chi connectivity index (χ0) is 15.5. The van der Waals surface area contributed by atoms with Crippen LogP contribution in [0, 0.1) is 12.7 Å². The number of carbonyl (C=O) groups excluding carboxylic acids is 1. The van der Waals surface area contributed by atoms with Gasteiger partial charge in [-0.3, -0.25) is 4.79 Å². The molecule has 110 valence electrons. The van der Waals surface area contributed by atoms with Crippen LogP contribution in [0.25, 0.3) is 0 Å². The van der Waals surface area contributed by atoms with E-state index in [-0.39, 0.29) is 11.7 Å². The number of hydrogen-bond donors (Lipinski definition) is 1. The number of aromatic nitrogens is 1. The predicted octanol–water partition coefficient (Wildman–Crippen LogP) is 3.33. The Morgan fingerprint density at radius 1 is 1.19 bits per heavy atom. The molecule has 0 saturated carbocycles. The molecule has 2 aromatic rings. The molecule has 1 heterocycles. The lowest BCUT2D eigenvalue weighted by Crippen LogP contribution is -2.42. The maximum absolute atomic E-state index is 12.9. The van der Waals surface area contributed by atoms with Gasteiger partial charge in [0.25, 0.3) is 5.91 Å². The van der Waals surface area contributed by atoms with Gasteiger partial charge in [0.1, 0.15) is 17.4 Å². The first kappa shape index (κ1) is 15.0. The Bertz CT molecular complexity index is 639. The molecule has 0 unspecified atom stereocenters. The summed E-state index contributed by atoms with van der Waals surface area (Å²) in [5.41, 5.74) is -0.298. The van der Waals surface area contributed by atoms with Crippen LogP contribution < -0.4 is 10.1 Å². The Morgan fingerprint density at radius 2 is 1.86 bits per heavy atom. The summed E-state index contributed by atoms with van der Waals surface area (Å²) in [6.07, 6.45) is 0. The van der Waals surface area contributed by atoms with Gasteiger partial charge in [-0.25, -0.2) is 9.37 Å². The van der Waals surface area contributed by atoms with Crippen molar-refractivity contribution in [2.45, 2.75) is 26.4 Å². The number of hydrogen-bond acceptors (Lipinski definition) is 3. The highest BCUT2D eigenvalue weighted by molar-refractivity contribution is 5.96. The zero-order valence-electron chi connectivity index (χ0n) is 12.2. The number of rotatable bonds is 4. The van der Waals surface area contributed by atoms with Crippen molar-refractivity contribution in [2.75, 3.05) is 5.32 Å². The number of halogens is 1. The van der Waals surface area contributed by atoms with Crippen LogP contribution in [0.5, 0.6) is 5.75 Å². The molecule has 0 radical (unpaired) electrons. The molecule has 0 fully saturated rings. The van der Waals surface area contributed by atoms with Crippen molar-refractivity contribution in [3.63, 3.8) is 0 Å². The van der Waals surface area contributed by atoms with Crippen molar-refractivity contribution >= 4 is 11.7 Å². The highest BCUT2D eigenvalue weighted by Gasteiger charge is 2.30. The Balaban J connectivity index is 2.07. The van der Waals surface area contributed by atoms with Crippen LogP contribution in [0.15, 0.2) is 42.5 Å². The summed E-state index contributed by atoms with van der Waals surface area (Å²) in [6, 6.07) is 10.9. The summed E-state index contributed by atoms with van der Waals surface area (Å²) in [5, 5.41) is 2.71. The van der Waals surface area contributed by atoms with Crippen LogP contribution in [-0.2, 0) is 4.79 Å². The zero-order valence-corrected chi connectivity index (χ0v) is 12.2. The fourth-order valence-corrected chi connectivity index (χ4v) is 1.72. The van der Waals surface area contributed by atoms with Gasteiger partial charge in [0.15, 0.2) is 5.60 Å². The first-order valence-corrected chi connectivity index (χ1v) is 6.56. The topological polar surface area (TPSA) is 51.2 Å². The number of ether oxygens (including phenoxy) is 1. The highest BCUT2D eigenvalue weighted by Crippen LogP contribution is 2.20. The number of pyridine rings is 1. The summed E-state index contributed by atoms with van der Waals surface area (Å²) in [5.74, 6) is 0.211. The number of amides is 1. The van der Waals surface area contributed by atoms with E-state index >= 15 is 0 Å². The summed E-state index contributed by atoms with van der Waals surface area (Å²) in [4.78, 5) is 16.5. The molecular formula is C16H17FN2O2. The van der Waals surface area contributed by atoms with Crippen molar-refractivity contribution < 1.29 is 13.9 Å². The molecule has 0 spiro atoms. The number of nitrogens with one attached hydrogen (secondary N) is 1. The molecule has 0 aliphatic heterocycles. The number of nitrogens with zero attached hydrogens (tertiary/aromatic N) is 1. The van der Waals surface area contributed by atoms with Gasteiger partial charge in [-0.05, 0) is 57.2 Å². The summed E-state index contributed by atoms with van der Waals surface area (Å²) < 4.78 is 18.5. The molecule has 0 saturated heterocycles. The van der Waals surface area contributed by atoms with Crippen molar-refractivity contribution in [1.29, 1.82) is 0 Å². The lowest BCUT2D eigenvalue weighted by atomic mass is 10.1. The van der Waals surface area contributed by atoms with Crippen molar-refractivity contribution in [3.8, 4) is 5.75 Å². The molecule has 5 heteroatoms. The fourth-order valence-electron chi connectivity index (χ4n) is 1.72. The summed E-state index contributed by atoms with van der Waals surface area (Å²) in [6.45, 7) is 5.12. The lowest BCUT2D eigenvalue weighted by molar-refractivity contribution is -0.128. The van der Waals surface area contributed by atoms with E-state index in [2.05, 4.69) is 10.3 Å². The third-order valence-electron chi connectivity index (χ3n) is 2.86. The number of aryl methyl sites for hydroxylation is 1. The molecule has 2 rings (SSSR count). The molecule has 1 amide bonds. The van der Waals surface area contributed by atoms with E-state index in [4.69, 9.17) is 4.74 Å². The molecule has 21 heavy (non-hydrogen) atoms. The molecule has 1 N–H and O–H groups in total. The predicted molar refractivity (Wildman–Crippen MR) is 78.7 cm³/mol. The molecule has 0 bridgehead atoms. The minimum Gasteiger partial charge on any atom is -0.478 e. The normalized spacial score (nSPS) is 11.0. The average molecular weight is 288 g/mol. The van der Waals surface area contributed by atoms with E-state index in [1.54, 1.807) is 19.9 Å². The second-order valence-corrected chi connectivity index (χ2v) is 5.18. The molecule has 1 aromatic carbocycles. The summed E-state index contributed by atoms with van der Waals surface area (Å²) >= 11 is 0. The van der Waals surface area contributed by atoms with Crippen LogP contribution >= 0.6 is 0 Å². The maximum Gasteiger partial charge on any atom is 0.269 e. The van der Waals surface area contributed by atoms with Gasteiger partial charge in [-0.2, -0.15) is 0 Å². The molecule has 4 nitrogen and oxygen atoms in total. The van der Waals surface area contributed by atoms with Gasteiger partial charge >= 0.3 is 0 Å². The number of anilines is 1. The average Bonchev–Trinajstić information content (AvgIpc) is 2.41. The van der Waals surface area contributed by atoms with Crippen LogP contribution in [-0.4, -0.2) is 16.5 Å². The van der Waals surface area contributed by atoms with Gasteiger partial charge in [-0.15, -0.1) is 0 Å². The highest BCUT2D eigenvalue weighted by atomic mass is 19.1. The van der Waals surface area contributed by atoms with Gasteiger partial charge in [0, 0.05) is 5.69 Å². The smallest absolute Gasteiger partial charge is 0.269 e. The Kier molecular flexibility index (Phi) is 4.21. The van der Waals surface area contributed by atoms with Crippen molar-refractivity contribution in [3.05, 3.63) is 54.0 Å². The van der Waals surface area contributed by atoms with Gasteiger partial charge in [0.05, 0.1) is 0 Å². The second kappa shape index (κ2) is 5.91. The first-order valence-electron chi connectivity index (χ1n) is 6.56. The SMILES string of the molecule is Cc1cccc(NC(=O)C(C)(C)Oc2ccc(F)cc2)n1. The quantitative estimate of drug-likeness (QED) is 0.939. The largest absolute Gasteiger partial charge is 0.478 e. The van der Waals surface area contributed by atoms with Crippen molar-refractivity contribution in [2.24, 2.45) is 0 Å². The Morgan fingerprint density at radius 3 is 2.48 bits per heavy atom. The number of benzene rings is 1. The maximum atomic E-state index is 12.9. The number of carbonyl (C=O) groups is 1. The van der Waals surface area contributed by atoms with E-state index in [9.17, 15) is 9.18 Å². The minimum atomic E-state index is -1.11. The third kappa shape index (κ3) is 4.02. The second-order valence-electron chi connectivity index (χ2n) is 5.18. The van der Waals surface area contributed by atoms with Gasteiger partial charge in [-0.1, -0.05) is 6.07 Å². The van der Waals surface area contributed by atoms with E-state index in [0.29, 0.717) is 11.6 Å². The molecule has 0 aliphatic carbocycles. The first-order chi connectivity index (χ1) is 9.87. The molecule has 0 atom stereocenters. The molecular weight excluding hydrogens is 271 g/mol. The van der Waals surface area contributed by atoms with E-state index < -0.39 is 5.60 Å². The van der Waals surface area contributed by atoms with Gasteiger partial charge in [0.2, 0.25) is 0 Å². The van der Waals surface area contributed by atoms with E-state index in [0.717, 1.165) is 5.69 Å². The van der Waals surface area contributed by atoms with E-state index in [1.165, 1.54) is 24.3 Å². The van der Waals surface area contributed by atoms with Crippen LogP contribution in [0.1, 0.15) is 19.5 Å². The minimum absolute atomic E-state index is 0.329. The fraction of sp³-hybridized carbons (Fsp3) is 0.250. The van der Waals surface area contributed by atoms with Gasteiger partial charge < -0.3 is 10.1 Å². The van der Waals surface area contributed by atoms with Crippen LogP contribution in [0.4, 0.5) is 10.2 Å². The Hall–Kier alpha value is -2.43. The Labute approximate surface area is 123 Å². The van der Waals surface area contributed by atoms with Crippen LogP contribution in [0.3, 0.4) is 0 Å².